The van der Waals surface area contributed by atoms with Gasteiger partial charge in [0.2, 0.25) is 5.95 Å². The molecule has 2 aromatic rings. The van der Waals surface area contributed by atoms with Gasteiger partial charge in [0.1, 0.15) is 11.1 Å². The van der Waals surface area contributed by atoms with Gasteiger partial charge in [0.25, 0.3) is 5.56 Å². The minimum absolute atomic E-state index is 0.206. The number of ether oxygens (including phenoxy) is 1. The molecule has 0 spiro atoms. The molecule has 0 saturated carbocycles. The number of aromatic amines is 1. The molecule has 90 valence electrons. The smallest absolute Gasteiger partial charge is 0.263 e. The van der Waals surface area contributed by atoms with Gasteiger partial charge in [0, 0.05) is 18.6 Å². The third-order valence-corrected chi connectivity index (χ3v) is 2.83. The topological polar surface area (TPSA) is 58.2 Å². The molecule has 0 radical (unpaired) electrons. The van der Waals surface area contributed by atoms with Crippen LogP contribution >= 0.6 is 15.9 Å². The first-order chi connectivity index (χ1) is 8.02. The van der Waals surface area contributed by atoms with Crippen molar-refractivity contribution in [2.24, 2.45) is 0 Å². The summed E-state index contributed by atoms with van der Waals surface area (Å²) < 4.78 is 6.01. The number of nitrogens with zero attached hydrogens (tertiary/aromatic N) is 2. The fourth-order valence-electron chi connectivity index (χ4n) is 1.56. The van der Waals surface area contributed by atoms with Crippen molar-refractivity contribution >= 4 is 32.8 Å². The number of aromatic nitrogens is 2. The SMILES string of the molecule is COc1cc(Br)cc2nc(N(C)C)[nH]c(=O)c12. The predicted octanol–water partition coefficient (Wildman–Crippen LogP) is 1.76. The summed E-state index contributed by atoms with van der Waals surface area (Å²) in [6, 6.07) is 3.54. The van der Waals surface area contributed by atoms with Crippen molar-refractivity contribution in [2.45, 2.75) is 0 Å². The maximum Gasteiger partial charge on any atom is 0.263 e. The average molecular weight is 298 g/mol. The normalized spacial score (nSPS) is 10.6. The minimum Gasteiger partial charge on any atom is -0.496 e. The number of hydrogen-bond acceptors (Lipinski definition) is 4. The fourth-order valence-corrected chi connectivity index (χ4v) is 1.99. The van der Waals surface area contributed by atoms with Crippen LogP contribution in [0.2, 0.25) is 0 Å². The van der Waals surface area contributed by atoms with E-state index >= 15 is 0 Å². The molecule has 17 heavy (non-hydrogen) atoms. The van der Waals surface area contributed by atoms with Crippen LogP contribution in [0.1, 0.15) is 0 Å². The van der Waals surface area contributed by atoms with Crippen molar-refractivity contribution in [2.75, 3.05) is 26.1 Å². The number of fused-ring (bicyclic) bond motifs is 1. The molecule has 1 heterocycles. The van der Waals surface area contributed by atoms with Crippen molar-refractivity contribution in [3.63, 3.8) is 0 Å². The molecule has 0 amide bonds. The van der Waals surface area contributed by atoms with E-state index in [9.17, 15) is 4.79 Å². The van der Waals surface area contributed by atoms with Crippen molar-refractivity contribution in [1.29, 1.82) is 0 Å². The molecular weight excluding hydrogens is 286 g/mol. The van der Waals surface area contributed by atoms with Gasteiger partial charge in [-0.15, -0.1) is 0 Å². The maximum atomic E-state index is 12.0. The number of methoxy groups -OCH3 is 1. The lowest BCUT2D eigenvalue weighted by Gasteiger charge is -2.12. The van der Waals surface area contributed by atoms with Gasteiger partial charge in [0.15, 0.2) is 0 Å². The Morgan fingerprint density at radius 1 is 1.41 bits per heavy atom. The Bertz CT molecular complexity index is 622. The van der Waals surface area contributed by atoms with Crippen LogP contribution in [0.4, 0.5) is 5.95 Å². The monoisotopic (exact) mass is 297 g/mol. The van der Waals surface area contributed by atoms with Crippen LogP contribution in [0.25, 0.3) is 10.9 Å². The standard InChI is InChI=1S/C11H12BrN3O2/c1-15(2)11-13-7-4-6(12)5-8(17-3)9(7)10(16)14-11/h4-5H,1-3H3,(H,13,14,16). The first-order valence-electron chi connectivity index (χ1n) is 4.98. The van der Waals surface area contributed by atoms with E-state index in [0.29, 0.717) is 22.6 Å². The predicted molar refractivity (Wildman–Crippen MR) is 70.9 cm³/mol. The Kier molecular flexibility index (Phi) is 3.06. The van der Waals surface area contributed by atoms with Gasteiger partial charge in [-0.1, -0.05) is 15.9 Å². The molecule has 1 N–H and O–H groups in total. The van der Waals surface area contributed by atoms with Gasteiger partial charge >= 0.3 is 0 Å². The van der Waals surface area contributed by atoms with Crippen molar-refractivity contribution in [1.82, 2.24) is 9.97 Å². The zero-order chi connectivity index (χ0) is 12.6. The van der Waals surface area contributed by atoms with Gasteiger partial charge in [-0.2, -0.15) is 0 Å². The van der Waals surface area contributed by atoms with Gasteiger partial charge < -0.3 is 9.64 Å². The number of hydrogen-bond donors (Lipinski definition) is 1. The number of halogens is 1. The lowest BCUT2D eigenvalue weighted by molar-refractivity contribution is 0.419. The van der Waals surface area contributed by atoms with Crippen LogP contribution in [0.3, 0.4) is 0 Å². The molecule has 0 aliphatic carbocycles. The second-order valence-electron chi connectivity index (χ2n) is 3.79. The third-order valence-electron chi connectivity index (χ3n) is 2.37. The molecule has 0 aliphatic rings. The molecule has 0 saturated heterocycles. The summed E-state index contributed by atoms with van der Waals surface area (Å²) in [4.78, 5) is 20.8. The zero-order valence-corrected chi connectivity index (χ0v) is 11.3. The highest BCUT2D eigenvalue weighted by Crippen LogP contribution is 2.26. The third kappa shape index (κ3) is 2.12. The number of H-pyrrole nitrogens is 1. The fraction of sp³-hybridized carbons (Fsp3) is 0.273. The average Bonchev–Trinajstić information content (AvgIpc) is 2.26. The Morgan fingerprint density at radius 3 is 2.71 bits per heavy atom. The summed E-state index contributed by atoms with van der Waals surface area (Å²) >= 11 is 3.36. The Hall–Kier alpha value is -1.56. The van der Waals surface area contributed by atoms with E-state index in [4.69, 9.17) is 4.74 Å². The number of rotatable bonds is 2. The molecule has 0 unspecified atom stereocenters. The largest absolute Gasteiger partial charge is 0.496 e. The number of nitrogens with one attached hydrogen (secondary N) is 1. The van der Waals surface area contributed by atoms with Crippen LogP contribution in [-0.4, -0.2) is 31.2 Å². The Balaban J connectivity index is 2.85. The molecule has 1 aromatic heterocycles. The molecule has 0 aliphatic heterocycles. The van der Waals surface area contributed by atoms with E-state index in [1.807, 2.05) is 14.1 Å². The zero-order valence-electron chi connectivity index (χ0n) is 9.74. The van der Waals surface area contributed by atoms with Crippen LogP contribution in [-0.2, 0) is 0 Å². The molecule has 1 aromatic carbocycles. The number of benzene rings is 1. The van der Waals surface area contributed by atoms with E-state index in [1.165, 1.54) is 7.11 Å². The highest BCUT2D eigenvalue weighted by molar-refractivity contribution is 9.10. The highest BCUT2D eigenvalue weighted by Gasteiger charge is 2.11. The van der Waals surface area contributed by atoms with E-state index in [-0.39, 0.29) is 5.56 Å². The van der Waals surface area contributed by atoms with Gasteiger partial charge in [-0.3, -0.25) is 9.78 Å². The first kappa shape index (κ1) is 11.9. The van der Waals surface area contributed by atoms with Crippen LogP contribution < -0.4 is 15.2 Å². The van der Waals surface area contributed by atoms with Crippen molar-refractivity contribution < 1.29 is 4.74 Å². The summed E-state index contributed by atoms with van der Waals surface area (Å²) in [7, 11) is 5.17. The summed E-state index contributed by atoms with van der Waals surface area (Å²) in [6.07, 6.45) is 0. The molecule has 2 rings (SSSR count). The molecule has 0 bridgehead atoms. The molecule has 6 heteroatoms. The van der Waals surface area contributed by atoms with Crippen LogP contribution in [0.5, 0.6) is 5.75 Å². The highest BCUT2D eigenvalue weighted by atomic mass is 79.9. The quantitative estimate of drug-likeness (QED) is 0.918. The van der Waals surface area contributed by atoms with E-state index in [2.05, 4.69) is 25.9 Å². The van der Waals surface area contributed by atoms with Crippen molar-refractivity contribution in [3.05, 3.63) is 27.0 Å². The van der Waals surface area contributed by atoms with E-state index in [1.54, 1.807) is 17.0 Å². The summed E-state index contributed by atoms with van der Waals surface area (Å²) in [5, 5.41) is 0.460. The maximum absolute atomic E-state index is 12.0. The lowest BCUT2D eigenvalue weighted by Crippen LogP contribution is -2.19. The van der Waals surface area contributed by atoms with E-state index in [0.717, 1.165) is 4.47 Å². The van der Waals surface area contributed by atoms with Crippen LogP contribution in [0.15, 0.2) is 21.4 Å². The second-order valence-corrected chi connectivity index (χ2v) is 4.70. The second kappa shape index (κ2) is 4.37. The summed E-state index contributed by atoms with van der Waals surface area (Å²) in [5.74, 6) is 1.02. The van der Waals surface area contributed by atoms with Crippen LogP contribution in [0, 0.1) is 0 Å². The van der Waals surface area contributed by atoms with Gasteiger partial charge in [-0.05, 0) is 12.1 Å². The molecule has 0 fully saturated rings. The lowest BCUT2D eigenvalue weighted by atomic mass is 10.2. The Labute approximate surface area is 107 Å². The first-order valence-corrected chi connectivity index (χ1v) is 5.77. The summed E-state index contributed by atoms with van der Waals surface area (Å²) in [5.41, 5.74) is 0.395. The number of anilines is 1. The molecule has 5 nitrogen and oxygen atoms in total. The Morgan fingerprint density at radius 2 is 2.12 bits per heavy atom. The molecule has 0 atom stereocenters. The van der Waals surface area contributed by atoms with Gasteiger partial charge in [0.05, 0.1) is 12.6 Å². The van der Waals surface area contributed by atoms with E-state index < -0.39 is 0 Å². The minimum atomic E-state index is -0.206. The van der Waals surface area contributed by atoms with Gasteiger partial charge in [-0.25, -0.2) is 4.98 Å². The summed E-state index contributed by atoms with van der Waals surface area (Å²) in [6.45, 7) is 0. The molecular formula is C11H12BrN3O2. The van der Waals surface area contributed by atoms with Crippen molar-refractivity contribution in [3.8, 4) is 5.75 Å².